The molecule has 1 aliphatic carbocycles. The Bertz CT molecular complexity index is 521. The Kier molecular flexibility index (Phi) is 6.75. The molecular weight excluding hydrogens is 351 g/mol. The molecule has 2 aliphatic rings. The van der Waals surface area contributed by atoms with E-state index in [0.717, 1.165) is 19.6 Å². The fourth-order valence-electron chi connectivity index (χ4n) is 3.24. The van der Waals surface area contributed by atoms with Crippen molar-refractivity contribution in [1.29, 1.82) is 0 Å². The van der Waals surface area contributed by atoms with Crippen LogP contribution in [0.3, 0.4) is 0 Å². The topological polar surface area (TPSA) is 82.9 Å². The number of rotatable bonds is 5. The van der Waals surface area contributed by atoms with Crippen molar-refractivity contribution < 1.29 is 22.7 Å². The summed E-state index contributed by atoms with van der Waals surface area (Å²) in [6.07, 6.45) is -2.89. The van der Waals surface area contributed by atoms with Gasteiger partial charge in [0.05, 0.1) is 0 Å². The second-order valence-corrected chi connectivity index (χ2v) is 7.13. The molecule has 7 nitrogen and oxygen atoms in total. The van der Waals surface area contributed by atoms with Crippen LogP contribution in [0.4, 0.5) is 18.0 Å². The first-order valence-corrected chi connectivity index (χ1v) is 8.82. The molecule has 10 heteroatoms. The number of hydrazine groups is 1. The van der Waals surface area contributed by atoms with E-state index in [2.05, 4.69) is 20.4 Å². The number of urea groups is 1. The number of nitrogens with two attached hydrogens (primary N) is 1. The van der Waals surface area contributed by atoms with Gasteiger partial charge in [-0.15, -0.1) is 13.2 Å². The van der Waals surface area contributed by atoms with Crippen LogP contribution in [0.15, 0.2) is 11.8 Å². The average Bonchev–Trinajstić information content (AvgIpc) is 2.52. The van der Waals surface area contributed by atoms with Crippen molar-refractivity contribution >= 4 is 6.03 Å². The largest absolute Gasteiger partial charge is 0.572 e. The Morgan fingerprint density at radius 3 is 2.58 bits per heavy atom. The number of halogens is 3. The minimum Gasteiger partial charge on any atom is -0.411 e. The molecule has 26 heavy (non-hydrogen) atoms. The normalized spacial score (nSPS) is 28.4. The fraction of sp³-hybridized carbons (Fsp3) is 0.812. The molecule has 0 radical (unpaired) electrons. The van der Waals surface area contributed by atoms with Crippen molar-refractivity contribution in [3.05, 3.63) is 11.8 Å². The van der Waals surface area contributed by atoms with Gasteiger partial charge >= 0.3 is 12.4 Å². The SMILES string of the molecule is CC1CC(OC(F)(F)F)=CCC1(C)NC(=O)NN1CCN(CCN)CC1. The maximum Gasteiger partial charge on any atom is 0.572 e. The molecule has 1 aliphatic heterocycles. The number of alkyl halides is 3. The van der Waals surface area contributed by atoms with Gasteiger partial charge in [0.25, 0.3) is 0 Å². The van der Waals surface area contributed by atoms with Crippen LogP contribution in [0.25, 0.3) is 0 Å². The first kappa shape index (κ1) is 20.8. The van der Waals surface area contributed by atoms with Gasteiger partial charge in [-0.3, -0.25) is 10.3 Å². The maximum atomic E-state index is 12.3. The van der Waals surface area contributed by atoms with Crippen molar-refractivity contribution in [1.82, 2.24) is 20.7 Å². The van der Waals surface area contributed by atoms with Crippen LogP contribution in [-0.4, -0.2) is 67.1 Å². The third-order valence-electron chi connectivity index (χ3n) is 5.07. The van der Waals surface area contributed by atoms with Gasteiger partial charge in [0.1, 0.15) is 5.76 Å². The highest BCUT2D eigenvalue weighted by Gasteiger charge is 2.39. The second kappa shape index (κ2) is 8.45. The Hall–Kier alpha value is -1.52. The van der Waals surface area contributed by atoms with E-state index in [1.165, 1.54) is 6.08 Å². The monoisotopic (exact) mass is 379 g/mol. The highest BCUT2D eigenvalue weighted by atomic mass is 19.4. The molecule has 1 fully saturated rings. The van der Waals surface area contributed by atoms with E-state index in [9.17, 15) is 18.0 Å². The zero-order valence-electron chi connectivity index (χ0n) is 15.2. The smallest absolute Gasteiger partial charge is 0.411 e. The minimum absolute atomic E-state index is 0.0966. The van der Waals surface area contributed by atoms with Crippen LogP contribution < -0.4 is 16.5 Å². The lowest BCUT2D eigenvalue weighted by Gasteiger charge is -2.40. The van der Waals surface area contributed by atoms with E-state index in [1.807, 2.05) is 11.9 Å². The molecule has 4 N–H and O–H groups in total. The number of carbonyl (C=O) groups excluding carboxylic acids is 1. The molecule has 0 saturated carbocycles. The average molecular weight is 379 g/mol. The Morgan fingerprint density at radius 2 is 2.04 bits per heavy atom. The quantitative estimate of drug-likeness (QED) is 0.672. The number of nitrogens with zero attached hydrogens (tertiary/aromatic N) is 2. The first-order chi connectivity index (χ1) is 12.1. The van der Waals surface area contributed by atoms with E-state index in [1.54, 1.807) is 6.92 Å². The number of hydrogen-bond acceptors (Lipinski definition) is 5. The number of amides is 2. The molecule has 0 spiro atoms. The summed E-state index contributed by atoms with van der Waals surface area (Å²) in [5, 5.41) is 4.75. The van der Waals surface area contributed by atoms with Crippen LogP contribution in [0.5, 0.6) is 0 Å². The summed E-state index contributed by atoms with van der Waals surface area (Å²) in [4.78, 5) is 14.5. The zero-order valence-corrected chi connectivity index (χ0v) is 15.2. The summed E-state index contributed by atoms with van der Waals surface area (Å²) in [7, 11) is 0. The van der Waals surface area contributed by atoms with Crippen molar-refractivity contribution in [2.45, 2.75) is 38.6 Å². The molecule has 1 saturated heterocycles. The lowest BCUT2D eigenvalue weighted by molar-refractivity contribution is -0.307. The maximum absolute atomic E-state index is 12.3. The van der Waals surface area contributed by atoms with Crippen molar-refractivity contribution in [2.75, 3.05) is 39.3 Å². The van der Waals surface area contributed by atoms with Crippen molar-refractivity contribution in [3.8, 4) is 0 Å². The van der Waals surface area contributed by atoms with Crippen LogP contribution in [-0.2, 0) is 4.74 Å². The van der Waals surface area contributed by atoms with Crippen LogP contribution >= 0.6 is 0 Å². The Morgan fingerprint density at radius 1 is 1.38 bits per heavy atom. The van der Waals surface area contributed by atoms with E-state index in [0.29, 0.717) is 19.6 Å². The van der Waals surface area contributed by atoms with Gasteiger partial charge in [-0.25, -0.2) is 9.80 Å². The van der Waals surface area contributed by atoms with Crippen LogP contribution in [0.2, 0.25) is 0 Å². The molecule has 2 atom stereocenters. The summed E-state index contributed by atoms with van der Waals surface area (Å²) in [5.74, 6) is -0.294. The Labute approximate surface area is 151 Å². The van der Waals surface area contributed by atoms with Crippen LogP contribution in [0, 0.1) is 5.92 Å². The predicted molar refractivity (Wildman–Crippen MR) is 90.8 cm³/mol. The molecule has 2 amide bonds. The van der Waals surface area contributed by atoms with Gasteiger partial charge < -0.3 is 15.8 Å². The lowest BCUT2D eigenvalue weighted by Crippen LogP contribution is -2.60. The third-order valence-corrected chi connectivity index (χ3v) is 5.07. The van der Waals surface area contributed by atoms with Crippen molar-refractivity contribution in [3.63, 3.8) is 0 Å². The second-order valence-electron chi connectivity index (χ2n) is 7.13. The first-order valence-electron chi connectivity index (χ1n) is 8.82. The van der Waals surface area contributed by atoms with Gasteiger partial charge in [0.15, 0.2) is 0 Å². The van der Waals surface area contributed by atoms with E-state index >= 15 is 0 Å². The van der Waals surface area contributed by atoms with Crippen molar-refractivity contribution in [2.24, 2.45) is 11.7 Å². The summed E-state index contributed by atoms with van der Waals surface area (Å²) >= 11 is 0. The molecule has 1 heterocycles. The highest BCUT2D eigenvalue weighted by molar-refractivity contribution is 5.74. The summed E-state index contributed by atoms with van der Waals surface area (Å²) in [6.45, 7) is 8.13. The van der Waals surface area contributed by atoms with Gasteiger partial charge in [0.2, 0.25) is 0 Å². The summed E-state index contributed by atoms with van der Waals surface area (Å²) in [5.41, 5.74) is 7.72. The number of carbonyl (C=O) groups is 1. The molecule has 0 aromatic heterocycles. The zero-order chi connectivity index (χ0) is 19.4. The number of hydrogen-bond donors (Lipinski definition) is 3. The van der Waals surface area contributed by atoms with E-state index in [-0.39, 0.29) is 30.5 Å². The van der Waals surface area contributed by atoms with Gasteiger partial charge in [0, 0.05) is 51.2 Å². The fourth-order valence-corrected chi connectivity index (χ4v) is 3.24. The predicted octanol–water partition coefficient (Wildman–Crippen LogP) is 1.39. The molecule has 0 aromatic rings. The highest BCUT2D eigenvalue weighted by Crippen LogP contribution is 2.35. The Balaban J connectivity index is 1.83. The molecule has 2 rings (SSSR count). The van der Waals surface area contributed by atoms with E-state index < -0.39 is 11.9 Å². The summed E-state index contributed by atoms with van der Waals surface area (Å²) < 4.78 is 41.1. The minimum atomic E-state index is -4.68. The van der Waals surface area contributed by atoms with E-state index in [4.69, 9.17) is 5.73 Å². The number of allylic oxidation sites excluding steroid dienone is 1. The molecule has 2 unspecified atom stereocenters. The van der Waals surface area contributed by atoms with Gasteiger partial charge in [-0.2, -0.15) is 0 Å². The molecule has 0 aromatic carbocycles. The third kappa shape index (κ3) is 6.03. The molecule has 0 bridgehead atoms. The van der Waals surface area contributed by atoms with Gasteiger partial charge in [-0.1, -0.05) is 6.92 Å². The summed E-state index contributed by atoms with van der Waals surface area (Å²) in [6, 6.07) is -0.347. The number of nitrogens with one attached hydrogen (secondary N) is 2. The van der Waals surface area contributed by atoms with Crippen LogP contribution in [0.1, 0.15) is 26.7 Å². The number of ether oxygens (including phenoxy) is 1. The number of piperazine rings is 1. The standard InChI is InChI=1S/C16H28F3N5O2/c1-12-11-13(26-16(17,18)19)3-4-15(12,2)21-14(25)22-24-9-7-23(6-5-20)8-10-24/h3,12H,4-11,20H2,1-2H3,(H2,21,22,25). The van der Waals surface area contributed by atoms with Gasteiger partial charge in [-0.05, 0) is 25.3 Å². The molecular formula is C16H28F3N5O2. The lowest BCUT2D eigenvalue weighted by atomic mass is 9.77. The molecule has 150 valence electrons.